The van der Waals surface area contributed by atoms with Crippen molar-refractivity contribution < 1.29 is 14.0 Å². The summed E-state index contributed by atoms with van der Waals surface area (Å²) in [5, 5.41) is 11.7. The van der Waals surface area contributed by atoms with Crippen molar-refractivity contribution in [2.75, 3.05) is 26.2 Å². The highest BCUT2D eigenvalue weighted by atomic mass is 16.4. The molecule has 31 heavy (non-hydrogen) atoms. The van der Waals surface area contributed by atoms with Crippen LogP contribution in [-0.2, 0) is 9.59 Å². The molecule has 2 aliphatic heterocycles. The van der Waals surface area contributed by atoms with Gasteiger partial charge in [0, 0.05) is 38.0 Å². The van der Waals surface area contributed by atoms with Crippen molar-refractivity contribution in [2.45, 2.75) is 83.2 Å². The minimum absolute atomic E-state index is 0.0290. The number of hydrogen-bond donors (Lipinski definition) is 1. The van der Waals surface area contributed by atoms with Crippen molar-refractivity contribution in [1.29, 1.82) is 0 Å². The van der Waals surface area contributed by atoms with E-state index in [0.717, 1.165) is 58.2 Å². The Kier molecular flexibility index (Phi) is 5.52. The molecule has 8 heteroatoms. The maximum Gasteiger partial charge on any atom is 0.234 e. The van der Waals surface area contributed by atoms with E-state index in [1.165, 1.54) is 12.8 Å². The van der Waals surface area contributed by atoms with Crippen molar-refractivity contribution in [2.24, 2.45) is 11.3 Å². The third-order valence-electron chi connectivity index (χ3n) is 7.47. The molecule has 5 rings (SSSR count). The third-order valence-corrected chi connectivity index (χ3v) is 7.47. The zero-order chi connectivity index (χ0) is 21.6. The molecule has 0 bridgehead atoms. The lowest BCUT2D eigenvalue weighted by Gasteiger charge is -2.39. The molecule has 1 unspecified atom stereocenters. The Morgan fingerprint density at radius 2 is 1.90 bits per heavy atom. The number of nitrogens with zero attached hydrogens (tertiary/aromatic N) is 4. The topological polar surface area (TPSA) is 91.6 Å². The highest BCUT2D eigenvalue weighted by Crippen LogP contribution is 2.49. The van der Waals surface area contributed by atoms with Crippen LogP contribution in [0.3, 0.4) is 0 Å². The highest BCUT2D eigenvalue weighted by Gasteiger charge is 2.49. The number of rotatable bonds is 7. The molecule has 1 atom stereocenters. The van der Waals surface area contributed by atoms with E-state index in [9.17, 15) is 9.59 Å². The van der Waals surface area contributed by atoms with Gasteiger partial charge in [-0.15, -0.1) is 10.2 Å². The predicted octanol–water partition coefficient (Wildman–Crippen LogP) is 2.63. The van der Waals surface area contributed by atoms with Crippen LogP contribution >= 0.6 is 0 Å². The van der Waals surface area contributed by atoms with Gasteiger partial charge in [-0.25, -0.2) is 0 Å². The summed E-state index contributed by atoms with van der Waals surface area (Å²) in [7, 11) is 0. The number of carbonyl (C=O) groups excluding carboxylic acids is 2. The van der Waals surface area contributed by atoms with E-state index < -0.39 is 0 Å². The lowest BCUT2D eigenvalue weighted by Crippen LogP contribution is -2.45. The fraction of sp³-hybridized carbons (Fsp3) is 0.826. The molecule has 1 N–H and O–H groups in total. The first-order valence-corrected chi connectivity index (χ1v) is 12.1. The summed E-state index contributed by atoms with van der Waals surface area (Å²) < 4.78 is 6.02. The SMILES string of the molecule is CC(C)c1nnc(C2CC3(CCN(C(=O)CC4CC4)CC3)CN2CC(=O)NC2CC2)o1. The van der Waals surface area contributed by atoms with Gasteiger partial charge >= 0.3 is 0 Å². The van der Waals surface area contributed by atoms with Crippen molar-refractivity contribution in [3.8, 4) is 0 Å². The monoisotopic (exact) mass is 429 g/mol. The Bertz CT molecular complexity index is 821. The van der Waals surface area contributed by atoms with Crippen LogP contribution in [0.1, 0.15) is 89.0 Å². The third kappa shape index (κ3) is 4.78. The van der Waals surface area contributed by atoms with Crippen molar-refractivity contribution >= 4 is 11.8 Å². The molecule has 170 valence electrons. The van der Waals surface area contributed by atoms with Gasteiger partial charge in [0.15, 0.2) is 0 Å². The largest absolute Gasteiger partial charge is 0.423 e. The summed E-state index contributed by atoms with van der Waals surface area (Å²) in [5.41, 5.74) is 0.105. The lowest BCUT2D eigenvalue weighted by molar-refractivity contribution is -0.133. The smallest absolute Gasteiger partial charge is 0.234 e. The summed E-state index contributed by atoms with van der Waals surface area (Å²) >= 11 is 0. The summed E-state index contributed by atoms with van der Waals surface area (Å²) in [4.78, 5) is 29.4. The van der Waals surface area contributed by atoms with Crippen LogP contribution in [0.15, 0.2) is 4.42 Å². The van der Waals surface area contributed by atoms with Gasteiger partial charge in [-0.2, -0.15) is 0 Å². The van der Waals surface area contributed by atoms with Gasteiger partial charge in [0.05, 0.1) is 12.6 Å². The quantitative estimate of drug-likeness (QED) is 0.716. The molecule has 1 aromatic rings. The zero-order valence-electron chi connectivity index (χ0n) is 18.8. The average Bonchev–Trinajstić information content (AvgIpc) is 3.64. The van der Waals surface area contributed by atoms with E-state index in [1.54, 1.807) is 0 Å². The number of aromatic nitrogens is 2. The fourth-order valence-corrected chi connectivity index (χ4v) is 5.15. The van der Waals surface area contributed by atoms with Crippen LogP contribution in [0.2, 0.25) is 0 Å². The number of piperidine rings is 1. The first-order chi connectivity index (χ1) is 14.9. The number of amides is 2. The average molecular weight is 430 g/mol. The van der Waals surface area contributed by atoms with E-state index >= 15 is 0 Å². The molecule has 4 fully saturated rings. The van der Waals surface area contributed by atoms with Crippen molar-refractivity contribution in [3.05, 3.63) is 11.8 Å². The Balaban J connectivity index is 1.27. The maximum absolute atomic E-state index is 12.6. The van der Waals surface area contributed by atoms with Crippen LogP contribution in [0.4, 0.5) is 0 Å². The molecule has 0 radical (unpaired) electrons. The Hall–Kier alpha value is -1.96. The molecular weight excluding hydrogens is 394 g/mol. The Morgan fingerprint density at radius 3 is 2.52 bits per heavy atom. The molecule has 2 amide bonds. The second-order valence-corrected chi connectivity index (χ2v) is 10.6. The molecule has 1 spiro atoms. The minimum Gasteiger partial charge on any atom is -0.423 e. The highest BCUT2D eigenvalue weighted by molar-refractivity contribution is 5.79. The number of likely N-dealkylation sites (tertiary alicyclic amines) is 2. The van der Waals surface area contributed by atoms with Gasteiger partial charge in [0.1, 0.15) is 0 Å². The summed E-state index contributed by atoms with van der Waals surface area (Å²) in [5.74, 6) is 2.51. The molecule has 8 nitrogen and oxygen atoms in total. The molecule has 2 saturated heterocycles. The van der Waals surface area contributed by atoms with Crippen LogP contribution < -0.4 is 5.32 Å². The molecule has 3 heterocycles. The minimum atomic E-state index is -0.0290. The molecule has 0 aromatic carbocycles. The standard InChI is InChI=1S/C23H35N5O3/c1-15(2)21-25-26-22(31-21)18-12-23(14-28(18)13-19(29)24-17-5-6-17)7-9-27(10-8-23)20(30)11-16-3-4-16/h15-18H,3-14H2,1-2H3,(H,24,29). The van der Waals surface area contributed by atoms with E-state index in [1.807, 2.05) is 13.8 Å². The molecular formula is C23H35N5O3. The lowest BCUT2D eigenvalue weighted by atomic mass is 9.76. The van der Waals surface area contributed by atoms with Crippen LogP contribution in [-0.4, -0.2) is 64.0 Å². The second-order valence-electron chi connectivity index (χ2n) is 10.6. The Labute approximate surface area is 184 Å². The summed E-state index contributed by atoms with van der Waals surface area (Å²) in [6, 6.07) is 0.331. The molecule has 1 aromatic heterocycles. The fourth-order valence-electron chi connectivity index (χ4n) is 5.15. The predicted molar refractivity (Wildman–Crippen MR) is 114 cm³/mol. The molecule has 2 aliphatic carbocycles. The van der Waals surface area contributed by atoms with Gasteiger partial charge in [0.2, 0.25) is 23.6 Å². The Morgan fingerprint density at radius 1 is 1.16 bits per heavy atom. The first kappa shape index (κ1) is 20.9. The number of carbonyl (C=O) groups is 2. The van der Waals surface area contributed by atoms with E-state index in [-0.39, 0.29) is 23.3 Å². The van der Waals surface area contributed by atoms with Crippen molar-refractivity contribution in [1.82, 2.24) is 25.3 Å². The molecule has 2 saturated carbocycles. The van der Waals surface area contributed by atoms with Crippen LogP contribution in [0.25, 0.3) is 0 Å². The molecule has 4 aliphatic rings. The van der Waals surface area contributed by atoms with Gasteiger partial charge < -0.3 is 14.6 Å². The van der Waals surface area contributed by atoms with Crippen LogP contribution in [0, 0.1) is 11.3 Å². The van der Waals surface area contributed by atoms with E-state index in [0.29, 0.717) is 36.2 Å². The second kappa shape index (κ2) is 8.19. The maximum atomic E-state index is 12.6. The zero-order valence-corrected chi connectivity index (χ0v) is 18.8. The summed E-state index contributed by atoms with van der Waals surface area (Å²) in [6.07, 6.45) is 8.20. The number of nitrogens with one attached hydrogen (secondary N) is 1. The van der Waals surface area contributed by atoms with E-state index in [2.05, 4.69) is 25.3 Å². The van der Waals surface area contributed by atoms with Gasteiger partial charge in [-0.05, 0) is 56.3 Å². The first-order valence-electron chi connectivity index (χ1n) is 12.1. The van der Waals surface area contributed by atoms with Crippen LogP contribution in [0.5, 0.6) is 0 Å². The van der Waals surface area contributed by atoms with Crippen molar-refractivity contribution in [3.63, 3.8) is 0 Å². The van der Waals surface area contributed by atoms with Gasteiger partial charge in [0.25, 0.3) is 0 Å². The number of hydrogen-bond acceptors (Lipinski definition) is 6. The van der Waals surface area contributed by atoms with Gasteiger partial charge in [-0.3, -0.25) is 14.5 Å². The summed E-state index contributed by atoms with van der Waals surface area (Å²) in [6.45, 7) is 6.95. The normalized spacial score (nSPS) is 26.0. The van der Waals surface area contributed by atoms with Gasteiger partial charge in [-0.1, -0.05) is 13.8 Å². The van der Waals surface area contributed by atoms with E-state index in [4.69, 9.17) is 4.42 Å².